The van der Waals surface area contributed by atoms with Crippen molar-refractivity contribution in [3.05, 3.63) is 24.5 Å². The van der Waals surface area contributed by atoms with Crippen molar-refractivity contribution in [1.29, 1.82) is 0 Å². The number of ether oxygens (including phenoxy) is 2. The molecule has 1 aliphatic carbocycles. The van der Waals surface area contributed by atoms with Gasteiger partial charge in [-0.2, -0.15) is 14.6 Å². The lowest BCUT2D eigenvalue weighted by Gasteiger charge is -2.20. The van der Waals surface area contributed by atoms with Crippen LogP contribution in [0.3, 0.4) is 0 Å². The Kier molecular flexibility index (Phi) is 3.49. The summed E-state index contributed by atoms with van der Waals surface area (Å²) in [5, 5.41) is 4.27. The monoisotopic (exact) mass is 388 g/mol. The van der Waals surface area contributed by atoms with E-state index >= 15 is 0 Å². The smallest absolute Gasteiger partial charge is 0.319 e. The highest BCUT2D eigenvalue weighted by molar-refractivity contribution is 5.70. The lowest BCUT2D eigenvalue weighted by molar-refractivity contribution is -0.0334. The molecule has 1 aliphatic heterocycles. The van der Waals surface area contributed by atoms with E-state index in [9.17, 15) is 8.78 Å². The van der Waals surface area contributed by atoms with E-state index in [-0.39, 0.29) is 12.6 Å². The van der Waals surface area contributed by atoms with Crippen molar-refractivity contribution < 1.29 is 18.3 Å². The van der Waals surface area contributed by atoms with E-state index in [1.165, 1.54) is 14.2 Å². The summed E-state index contributed by atoms with van der Waals surface area (Å²) in [7, 11) is 2.95. The molecule has 10 heteroatoms. The summed E-state index contributed by atoms with van der Waals surface area (Å²) in [6.45, 7) is -0.0314. The van der Waals surface area contributed by atoms with Crippen LogP contribution in [-0.2, 0) is 0 Å². The summed E-state index contributed by atoms with van der Waals surface area (Å²) in [6.07, 6.45) is 4.25. The second kappa shape index (κ2) is 5.73. The fourth-order valence-electron chi connectivity index (χ4n) is 3.82. The van der Waals surface area contributed by atoms with Gasteiger partial charge in [-0.25, -0.2) is 18.7 Å². The molecule has 3 aromatic rings. The molecule has 0 atom stereocenters. The third-order valence-corrected chi connectivity index (χ3v) is 5.56. The summed E-state index contributed by atoms with van der Waals surface area (Å²) >= 11 is 0. The predicted octanol–water partition coefficient (Wildman–Crippen LogP) is 2.44. The van der Waals surface area contributed by atoms with Crippen LogP contribution >= 0.6 is 0 Å². The molecule has 3 aromatic heterocycles. The molecule has 5 rings (SSSR count). The number of nitrogens with zero attached hydrogens (tertiary/aromatic N) is 6. The van der Waals surface area contributed by atoms with Crippen molar-refractivity contribution in [2.75, 3.05) is 32.2 Å². The van der Waals surface area contributed by atoms with Crippen LogP contribution in [0.4, 0.5) is 14.6 Å². The van der Waals surface area contributed by atoms with Crippen LogP contribution < -0.4 is 14.4 Å². The van der Waals surface area contributed by atoms with Gasteiger partial charge in [0, 0.05) is 24.9 Å². The summed E-state index contributed by atoms with van der Waals surface area (Å²) < 4.78 is 41.0. The molecule has 4 heterocycles. The van der Waals surface area contributed by atoms with Crippen LogP contribution in [0.1, 0.15) is 12.8 Å². The van der Waals surface area contributed by atoms with Crippen LogP contribution in [0.25, 0.3) is 16.9 Å². The lowest BCUT2D eigenvalue weighted by atomic mass is 10.0. The molecule has 8 nitrogen and oxygen atoms in total. The van der Waals surface area contributed by atoms with Gasteiger partial charge in [-0.05, 0) is 12.8 Å². The highest BCUT2D eigenvalue weighted by Crippen LogP contribution is 2.61. The van der Waals surface area contributed by atoms with Gasteiger partial charge in [0.15, 0.2) is 5.65 Å². The van der Waals surface area contributed by atoms with Gasteiger partial charge in [0.2, 0.25) is 5.88 Å². The number of anilines is 1. The van der Waals surface area contributed by atoms with Crippen molar-refractivity contribution in [3.63, 3.8) is 0 Å². The largest absolute Gasteiger partial charge is 0.480 e. The van der Waals surface area contributed by atoms with Gasteiger partial charge in [-0.15, -0.1) is 0 Å². The fraction of sp³-hybridized carbons (Fsp3) is 0.444. The first-order valence-corrected chi connectivity index (χ1v) is 8.89. The maximum atomic E-state index is 14.5. The van der Waals surface area contributed by atoms with Crippen molar-refractivity contribution >= 4 is 11.5 Å². The second-order valence-corrected chi connectivity index (χ2v) is 7.22. The van der Waals surface area contributed by atoms with E-state index in [0.29, 0.717) is 48.0 Å². The molecule has 0 N–H and O–H groups in total. The average molecular weight is 388 g/mol. The van der Waals surface area contributed by atoms with Crippen molar-refractivity contribution in [2.24, 2.45) is 5.41 Å². The number of halogens is 2. The molecule has 146 valence electrons. The van der Waals surface area contributed by atoms with Gasteiger partial charge >= 0.3 is 6.01 Å². The zero-order valence-corrected chi connectivity index (χ0v) is 15.4. The molecule has 2 aliphatic rings. The molecule has 0 unspecified atom stereocenters. The van der Waals surface area contributed by atoms with Gasteiger partial charge in [0.25, 0.3) is 5.92 Å². The van der Waals surface area contributed by atoms with Crippen LogP contribution in [0.2, 0.25) is 0 Å². The molecular formula is C18H18F2N6O2. The molecule has 0 radical (unpaired) electrons. The minimum absolute atomic E-state index is 0.168. The summed E-state index contributed by atoms with van der Waals surface area (Å²) in [5.74, 6) is -1.86. The van der Waals surface area contributed by atoms with E-state index in [1.807, 2.05) is 0 Å². The Morgan fingerprint density at radius 2 is 1.93 bits per heavy atom. The number of fused-ring (bicyclic) bond motifs is 1. The number of rotatable bonds is 4. The third-order valence-electron chi connectivity index (χ3n) is 5.56. The topological polar surface area (TPSA) is 77.7 Å². The van der Waals surface area contributed by atoms with Crippen molar-refractivity contribution in [1.82, 2.24) is 24.6 Å². The third kappa shape index (κ3) is 2.40. The molecule has 1 saturated carbocycles. The molecule has 2 fully saturated rings. The molecule has 0 bridgehead atoms. The van der Waals surface area contributed by atoms with Gasteiger partial charge in [-0.3, -0.25) is 0 Å². The molecule has 0 amide bonds. The summed E-state index contributed by atoms with van der Waals surface area (Å²) in [5.41, 5.74) is 0.699. The molecule has 1 saturated heterocycles. The SMILES string of the molecule is COc1ncc(-c2cc(N3CC(F)(F)C4(CC4)C3)n3nccc3n2)c(OC)n1. The Bertz CT molecular complexity index is 1060. The predicted molar refractivity (Wildman–Crippen MR) is 95.9 cm³/mol. The van der Waals surface area contributed by atoms with Crippen molar-refractivity contribution in [2.45, 2.75) is 18.8 Å². The zero-order valence-electron chi connectivity index (χ0n) is 15.4. The van der Waals surface area contributed by atoms with E-state index in [4.69, 9.17) is 9.47 Å². The number of methoxy groups -OCH3 is 2. The normalized spacial score (nSPS) is 19.4. The maximum absolute atomic E-state index is 14.5. The van der Waals surface area contributed by atoms with Crippen LogP contribution in [-0.4, -0.2) is 57.8 Å². The minimum atomic E-state index is -2.71. The Morgan fingerprint density at radius 3 is 2.61 bits per heavy atom. The highest BCUT2D eigenvalue weighted by atomic mass is 19.3. The van der Waals surface area contributed by atoms with E-state index in [1.54, 1.807) is 33.9 Å². The standard InChI is InChI=1S/C18H18F2N6O2/c1-27-15-11(8-21-16(24-15)28-2)12-7-14(26-13(23-12)3-6-22-26)25-9-17(4-5-17)18(19,20)10-25/h3,6-8H,4-5,9-10H2,1-2H3. The second-order valence-electron chi connectivity index (χ2n) is 7.22. The molecule has 0 aromatic carbocycles. The molecule has 28 heavy (non-hydrogen) atoms. The maximum Gasteiger partial charge on any atom is 0.319 e. The Hall–Kier alpha value is -3.04. The highest BCUT2D eigenvalue weighted by Gasteiger charge is 2.67. The number of aromatic nitrogens is 5. The zero-order chi connectivity index (χ0) is 19.5. The molecular weight excluding hydrogens is 370 g/mol. The Morgan fingerprint density at radius 1 is 1.11 bits per heavy atom. The first-order valence-electron chi connectivity index (χ1n) is 8.89. The van der Waals surface area contributed by atoms with Gasteiger partial charge < -0.3 is 14.4 Å². The van der Waals surface area contributed by atoms with Crippen LogP contribution in [0.15, 0.2) is 24.5 Å². The van der Waals surface area contributed by atoms with Crippen molar-refractivity contribution in [3.8, 4) is 23.1 Å². The Labute approximate surface area is 159 Å². The quantitative estimate of drug-likeness (QED) is 0.679. The average Bonchev–Trinajstić information content (AvgIpc) is 3.25. The van der Waals surface area contributed by atoms with Gasteiger partial charge in [-0.1, -0.05) is 0 Å². The number of hydrogen-bond donors (Lipinski definition) is 0. The van der Waals surface area contributed by atoms with Gasteiger partial charge in [0.1, 0.15) is 5.82 Å². The number of alkyl halides is 2. The molecule has 1 spiro atoms. The van der Waals surface area contributed by atoms with Crippen LogP contribution in [0.5, 0.6) is 11.9 Å². The summed E-state index contributed by atoms with van der Waals surface area (Å²) in [4.78, 5) is 14.6. The number of hydrogen-bond acceptors (Lipinski definition) is 7. The van der Waals surface area contributed by atoms with E-state index in [0.717, 1.165) is 0 Å². The lowest BCUT2D eigenvalue weighted by Crippen LogP contribution is -2.29. The Balaban J connectivity index is 1.63. The van der Waals surface area contributed by atoms with E-state index < -0.39 is 11.3 Å². The van der Waals surface area contributed by atoms with Gasteiger partial charge in [0.05, 0.1) is 43.6 Å². The first-order chi connectivity index (χ1) is 13.5. The van der Waals surface area contributed by atoms with E-state index in [2.05, 4.69) is 20.1 Å². The minimum Gasteiger partial charge on any atom is -0.480 e. The fourth-order valence-corrected chi connectivity index (χ4v) is 3.82. The first kappa shape index (κ1) is 17.1. The summed E-state index contributed by atoms with van der Waals surface area (Å²) in [6, 6.07) is 3.62. The van der Waals surface area contributed by atoms with Crippen LogP contribution in [0, 0.1) is 5.41 Å².